The second-order valence-corrected chi connectivity index (χ2v) is 5.40. The van der Waals surface area contributed by atoms with E-state index in [-0.39, 0.29) is 5.84 Å². The molecule has 7 heteroatoms. The van der Waals surface area contributed by atoms with Crippen molar-refractivity contribution >= 4 is 28.8 Å². The van der Waals surface area contributed by atoms with Crippen LogP contribution in [0.2, 0.25) is 0 Å². The fourth-order valence-corrected chi connectivity index (χ4v) is 2.29. The summed E-state index contributed by atoms with van der Waals surface area (Å²) in [5.74, 6) is -1.91. The number of carboxylic acids is 1. The summed E-state index contributed by atoms with van der Waals surface area (Å²) in [5.41, 5.74) is 6.26. The fraction of sp³-hybridized carbons (Fsp3) is 0.154. The molecule has 20 heavy (non-hydrogen) atoms. The number of halogens is 1. The van der Waals surface area contributed by atoms with Crippen molar-refractivity contribution in [1.82, 2.24) is 4.98 Å². The molecule has 5 nitrogen and oxygen atoms in total. The second kappa shape index (κ2) is 5.38. The lowest BCUT2D eigenvalue weighted by Gasteiger charge is -2.05. The van der Waals surface area contributed by atoms with Crippen molar-refractivity contribution in [2.75, 3.05) is 0 Å². The van der Waals surface area contributed by atoms with E-state index in [0.29, 0.717) is 16.1 Å². The van der Waals surface area contributed by atoms with Gasteiger partial charge < -0.3 is 10.8 Å². The zero-order chi connectivity index (χ0) is 14.9. The van der Waals surface area contributed by atoms with Gasteiger partial charge in [0.1, 0.15) is 11.7 Å². The molecular formula is C13H12FN3O2S. The molecule has 0 aliphatic carbocycles. The van der Waals surface area contributed by atoms with E-state index in [1.54, 1.807) is 13.1 Å². The molecule has 0 radical (unpaired) electrons. The van der Waals surface area contributed by atoms with E-state index in [1.807, 2.05) is 6.92 Å². The number of hydrogen-bond donors (Lipinski definition) is 2. The Morgan fingerprint density at radius 2 is 2.15 bits per heavy atom. The standard InChI is InChI=1S/C13H12FN3O2S/c1-6-3-9(14)8(13(18)19)4-10(6)17-12(15)11-5-16-7(2)20-11/h3-5H,1-2H3,(H2,15,17)(H,18,19). The molecule has 0 spiro atoms. The van der Waals surface area contributed by atoms with Crippen LogP contribution in [0.4, 0.5) is 10.1 Å². The van der Waals surface area contributed by atoms with Crippen molar-refractivity contribution in [2.24, 2.45) is 10.7 Å². The van der Waals surface area contributed by atoms with Crippen molar-refractivity contribution in [3.63, 3.8) is 0 Å². The molecule has 0 aliphatic heterocycles. The molecule has 2 aromatic rings. The van der Waals surface area contributed by atoms with Gasteiger partial charge in [-0.15, -0.1) is 11.3 Å². The summed E-state index contributed by atoms with van der Waals surface area (Å²) in [6.45, 7) is 3.48. The maximum atomic E-state index is 13.5. The maximum absolute atomic E-state index is 13.5. The van der Waals surface area contributed by atoms with Crippen molar-refractivity contribution < 1.29 is 14.3 Å². The van der Waals surface area contributed by atoms with Gasteiger partial charge in [-0.3, -0.25) is 0 Å². The number of nitrogens with zero attached hydrogens (tertiary/aromatic N) is 2. The Balaban J connectivity index is 2.47. The zero-order valence-electron chi connectivity index (χ0n) is 10.8. The van der Waals surface area contributed by atoms with Crippen molar-refractivity contribution in [2.45, 2.75) is 13.8 Å². The zero-order valence-corrected chi connectivity index (χ0v) is 11.7. The van der Waals surface area contributed by atoms with Gasteiger partial charge in [-0.1, -0.05) is 0 Å². The molecule has 2 rings (SSSR count). The van der Waals surface area contributed by atoms with E-state index in [4.69, 9.17) is 10.8 Å². The highest BCUT2D eigenvalue weighted by atomic mass is 32.1. The number of aryl methyl sites for hydroxylation is 2. The van der Waals surface area contributed by atoms with Gasteiger partial charge in [0.05, 0.1) is 21.1 Å². The highest BCUT2D eigenvalue weighted by Gasteiger charge is 2.13. The molecule has 0 bridgehead atoms. The van der Waals surface area contributed by atoms with Gasteiger partial charge in [-0.2, -0.15) is 0 Å². The molecule has 0 saturated heterocycles. The van der Waals surface area contributed by atoms with Crippen LogP contribution in [0.25, 0.3) is 0 Å². The average Bonchev–Trinajstić information content (AvgIpc) is 2.79. The van der Waals surface area contributed by atoms with Crippen LogP contribution in [0.5, 0.6) is 0 Å². The number of carboxylic acid groups (broad SMARTS) is 1. The SMILES string of the molecule is Cc1ncc(C(N)=Nc2cc(C(=O)O)c(F)cc2C)s1. The van der Waals surface area contributed by atoms with Crippen LogP contribution in [0.1, 0.15) is 25.8 Å². The summed E-state index contributed by atoms with van der Waals surface area (Å²) in [4.78, 5) is 19.8. The van der Waals surface area contributed by atoms with Gasteiger partial charge in [-0.05, 0) is 31.5 Å². The largest absolute Gasteiger partial charge is 0.478 e. The van der Waals surface area contributed by atoms with Crippen LogP contribution in [0, 0.1) is 19.7 Å². The van der Waals surface area contributed by atoms with Crippen LogP contribution < -0.4 is 5.73 Å². The summed E-state index contributed by atoms with van der Waals surface area (Å²) >= 11 is 1.38. The van der Waals surface area contributed by atoms with Crippen LogP contribution in [0.3, 0.4) is 0 Å². The number of rotatable bonds is 3. The molecule has 1 aromatic heterocycles. The predicted molar refractivity (Wildman–Crippen MR) is 75.3 cm³/mol. The van der Waals surface area contributed by atoms with E-state index in [0.717, 1.165) is 11.1 Å². The Kier molecular flexibility index (Phi) is 3.80. The number of aromatic carboxylic acids is 1. The van der Waals surface area contributed by atoms with E-state index in [9.17, 15) is 9.18 Å². The third kappa shape index (κ3) is 2.83. The smallest absolute Gasteiger partial charge is 0.338 e. The Morgan fingerprint density at radius 1 is 1.45 bits per heavy atom. The van der Waals surface area contributed by atoms with Gasteiger partial charge in [0.15, 0.2) is 0 Å². The lowest BCUT2D eigenvalue weighted by atomic mass is 10.1. The summed E-state index contributed by atoms with van der Waals surface area (Å²) in [6, 6.07) is 2.31. The van der Waals surface area contributed by atoms with Crippen molar-refractivity contribution in [1.29, 1.82) is 0 Å². The van der Waals surface area contributed by atoms with Gasteiger partial charge in [-0.25, -0.2) is 19.2 Å². The number of benzene rings is 1. The lowest BCUT2D eigenvalue weighted by molar-refractivity contribution is 0.0692. The lowest BCUT2D eigenvalue weighted by Crippen LogP contribution is -2.11. The van der Waals surface area contributed by atoms with Crippen LogP contribution in [-0.2, 0) is 0 Å². The molecule has 0 saturated carbocycles. The third-order valence-corrected chi connectivity index (χ3v) is 3.57. The number of aliphatic imine (C=N–C) groups is 1. The molecule has 1 aromatic carbocycles. The van der Waals surface area contributed by atoms with Gasteiger partial charge >= 0.3 is 5.97 Å². The monoisotopic (exact) mass is 293 g/mol. The number of hydrogen-bond acceptors (Lipinski definition) is 4. The number of carbonyl (C=O) groups is 1. The maximum Gasteiger partial charge on any atom is 0.338 e. The summed E-state index contributed by atoms with van der Waals surface area (Å²) in [7, 11) is 0. The minimum Gasteiger partial charge on any atom is -0.478 e. The molecule has 3 N–H and O–H groups in total. The predicted octanol–water partition coefficient (Wildman–Crippen LogP) is 2.63. The molecule has 0 fully saturated rings. The summed E-state index contributed by atoms with van der Waals surface area (Å²) in [5, 5.41) is 9.76. The molecule has 0 amide bonds. The number of nitrogens with two attached hydrogens (primary N) is 1. The topological polar surface area (TPSA) is 88.6 Å². The Labute approximate surface area is 118 Å². The van der Waals surface area contributed by atoms with Crippen LogP contribution in [0.15, 0.2) is 23.3 Å². The molecule has 0 atom stereocenters. The van der Waals surface area contributed by atoms with Gasteiger partial charge in [0.25, 0.3) is 0 Å². The van der Waals surface area contributed by atoms with E-state index >= 15 is 0 Å². The minimum absolute atomic E-state index is 0.224. The molecule has 104 valence electrons. The van der Waals surface area contributed by atoms with Crippen molar-refractivity contribution in [3.05, 3.63) is 45.2 Å². The highest BCUT2D eigenvalue weighted by molar-refractivity contribution is 7.13. The van der Waals surface area contributed by atoms with E-state index in [2.05, 4.69) is 9.98 Å². The minimum atomic E-state index is -1.34. The van der Waals surface area contributed by atoms with E-state index in [1.165, 1.54) is 17.4 Å². The Bertz CT molecular complexity index is 710. The van der Waals surface area contributed by atoms with Crippen molar-refractivity contribution in [3.8, 4) is 0 Å². The molecule has 0 aliphatic rings. The first-order chi connectivity index (χ1) is 9.38. The van der Waals surface area contributed by atoms with Gasteiger partial charge in [0, 0.05) is 6.20 Å². The first-order valence-corrected chi connectivity index (χ1v) is 6.50. The number of thiazole rings is 1. The first kappa shape index (κ1) is 14.1. The molecule has 0 unspecified atom stereocenters. The summed E-state index contributed by atoms with van der Waals surface area (Å²) < 4.78 is 13.5. The Morgan fingerprint density at radius 3 is 2.70 bits per heavy atom. The highest BCUT2D eigenvalue weighted by Crippen LogP contribution is 2.24. The first-order valence-electron chi connectivity index (χ1n) is 5.69. The van der Waals surface area contributed by atoms with Crippen LogP contribution in [-0.4, -0.2) is 21.9 Å². The fourth-order valence-electron chi connectivity index (χ4n) is 1.61. The summed E-state index contributed by atoms with van der Waals surface area (Å²) in [6.07, 6.45) is 1.59. The molecule has 1 heterocycles. The third-order valence-electron chi connectivity index (χ3n) is 2.63. The normalized spacial score (nSPS) is 11.7. The average molecular weight is 293 g/mol. The van der Waals surface area contributed by atoms with E-state index < -0.39 is 17.3 Å². The Hall–Kier alpha value is -2.28. The quantitative estimate of drug-likeness (QED) is 0.672. The molecular weight excluding hydrogens is 281 g/mol. The van der Waals surface area contributed by atoms with Gasteiger partial charge in [0.2, 0.25) is 0 Å². The second-order valence-electron chi connectivity index (χ2n) is 4.16. The number of aromatic nitrogens is 1. The van der Waals surface area contributed by atoms with Crippen LogP contribution >= 0.6 is 11.3 Å². The number of amidine groups is 1.